The van der Waals surface area contributed by atoms with Crippen molar-refractivity contribution >= 4 is 11.2 Å². The van der Waals surface area contributed by atoms with Crippen LogP contribution in [0.2, 0.25) is 0 Å². The number of hydrogen-bond donors (Lipinski definition) is 1. The molecule has 2 heteroatoms. The first-order chi connectivity index (χ1) is 7.99. The Labute approximate surface area is 104 Å². The van der Waals surface area contributed by atoms with Gasteiger partial charge in [-0.2, -0.15) is 0 Å². The minimum atomic E-state index is 0.210. The van der Waals surface area contributed by atoms with E-state index in [4.69, 9.17) is 9.52 Å². The number of hydrogen-bond acceptors (Lipinski definition) is 2. The van der Waals surface area contributed by atoms with E-state index in [1.54, 1.807) is 0 Å². The quantitative estimate of drug-likeness (QED) is 0.804. The minimum absolute atomic E-state index is 0.210. The molecule has 0 amide bonds. The lowest BCUT2D eigenvalue weighted by atomic mass is 9.87. The smallest absolute Gasteiger partial charge is 0.131 e. The summed E-state index contributed by atoms with van der Waals surface area (Å²) in [4.78, 5) is 0. The molecular formula is C15H24O2. The van der Waals surface area contributed by atoms with E-state index in [2.05, 4.69) is 33.8 Å². The van der Waals surface area contributed by atoms with Gasteiger partial charge in [0.05, 0.1) is 0 Å². The number of rotatable bonds is 3. The summed E-state index contributed by atoms with van der Waals surface area (Å²) in [5, 5.41) is 8.20. The van der Waals surface area contributed by atoms with Crippen LogP contribution in [0.1, 0.15) is 52.5 Å². The normalized spacial score (nSPS) is 11.6. The Morgan fingerprint density at radius 2 is 1.88 bits per heavy atom. The van der Waals surface area contributed by atoms with Gasteiger partial charge < -0.3 is 9.52 Å². The van der Waals surface area contributed by atoms with Crippen LogP contribution in [0.4, 0.5) is 0 Å². The van der Waals surface area contributed by atoms with E-state index in [1.165, 1.54) is 12.0 Å². The highest BCUT2D eigenvalue weighted by atomic mass is 16.3. The minimum Gasteiger partial charge on any atom is -0.457 e. The van der Waals surface area contributed by atoms with E-state index in [0.29, 0.717) is 6.61 Å². The molecule has 0 spiro atoms. The lowest BCUT2D eigenvalue weighted by molar-refractivity contribution is 0.284. The third-order valence-electron chi connectivity index (χ3n) is 2.75. The molecule has 0 aromatic carbocycles. The van der Waals surface area contributed by atoms with Crippen LogP contribution < -0.4 is 0 Å². The van der Waals surface area contributed by atoms with E-state index >= 15 is 0 Å². The SMILES string of the molecule is CC(C)(C)c1cc2ccc1o2.CCCCCO. The van der Waals surface area contributed by atoms with E-state index in [-0.39, 0.29) is 5.41 Å². The lowest BCUT2D eigenvalue weighted by Gasteiger charge is -2.16. The largest absolute Gasteiger partial charge is 0.457 e. The number of aliphatic hydroxyl groups is 1. The van der Waals surface area contributed by atoms with Gasteiger partial charge in [0.1, 0.15) is 11.2 Å². The molecule has 0 aliphatic rings. The van der Waals surface area contributed by atoms with Crippen molar-refractivity contribution in [2.75, 3.05) is 6.61 Å². The molecule has 0 aliphatic heterocycles. The molecule has 0 radical (unpaired) electrons. The number of fused-ring (bicyclic) bond motifs is 2. The zero-order valence-electron chi connectivity index (χ0n) is 11.4. The van der Waals surface area contributed by atoms with Gasteiger partial charge in [0, 0.05) is 12.2 Å². The monoisotopic (exact) mass is 236 g/mol. The topological polar surface area (TPSA) is 33.4 Å². The molecule has 0 aliphatic carbocycles. The first-order valence-electron chi connectivity index (χ1n) is 6.42. The summed E-state index contributed by atoms with van der Waals surface area (Å²) in [6.07, 6.45) is 3.33. The standard InChI is InChI=1S/C10H12O.C5H12O/c1-10(2,3)8-6-7-4-5-9(8)11-7;1-2-3-4-5-6/h4-6H,1-3H3;6H,2-5H2,1H3. The van der Waals surface area contributed by atoms with E-state index in [1.807, 2.05) is 12.1 Å². The zero-order chi connectivity index (χ0) is 12.9. The predicted molar refractivity (Wildman–Crippen MR) is 72.7 cm³/mol. The molecule has 2 heterocycles. The Kier molecular flexibility index (Phi) is 5.01. The van der Waals surface area contributed by atoms with Crippen LogP contribution in [0, 0.1) is 0 Å². The molecule has 0 fully saturated rings. The summed E-state index contributed by atoms with van der Waals surface area (Å²) in [6, 6.07) is 6.16. The van der Waals surface area contributed by atoms with Gasteiger partial charge in [-0.3, -0.25) is 0 Å². The molecule has 96 valence electrons. The maximum absolute atomic E-state index is 8.20. The van der Waals surface area contributed by atoms with Gasteiger partial charge in [0.2, 0.25) is 0 Å². The van der Waals surface area contributed by atoms with Gasteiger partial charge in [-0.05, 0) is 30.0 Å². The van der Waals surface area contributed by atoms with E-state index < -0.39 is 0 Å². The number of unbranched alkanes of at least 4 members (excludes halogenated alkanes) is 2. The van der Waals surface area contributed by atoms with Crippen LogP contribution in [-0.4, -0.2) is 11.7 Å². The van der Waals surface area contributed by atoms with E-state index in [0.717, 1.165) is 24.0 Å². The lowest BCUT2D eigenvalue weighted by Crippen LogP contribution is -2.09. The fraction of sp³-hybridized carbons (Fsp3) is 0.600. The van der Waals surface area contributed by atoms with Crippen LogP contribution in [0.3, 0.4) is 0 Å². The highest BCUT2D eigenvalue weighted by Gasteiger charge is 2.19. The summed E-state index contributed by atoms with van der Waals surface area (Å²) in [5.74, 6) is 0. The predicted octanol–water partition coefficient (Wildman–Crippen LogP) is 4.34. The average Bonchev–Trinajstić information content (AvgIpc) is 2.88. The van der Waals surface area contributed by atoms with Gasteiger partial charge in [0.15, 0.2) is 0 Å². The van der Waals surface area contributed by atoms with Crippen LogP contribution in [0.25, 0.3) is 11.2 Å². The third-order valence-corrected chi connectivity index (χ3v) is 2.75. The second kappa shape index (κ2) is 6.06. The van der Waals surface area contributed by atoms with Crippen molar-refractivity contribution < 1.29 is 9.52 Å². The Balaban J connectivity index is 0.000000209. The molecule has 0 atom stereocenters. The van der Waals surface area contributed by atoms with Gasteiger partial charge in [0.25, 0.3) is 0 Å². The number of aliphatic hydroxyl groups excluding tert-OH is 1. The number of benzene rings is 1. The first kappa shape index (κ1) is 14.0. The van der Waals surface area contributed by atoms with Crippen molar-refractivity contribution in [3.8, 4) is 0 Å². The van der Waals surface area contributed by atoms with Crippen molar-refractivity contribution in [2.45, 2.75) is 52.4 Å². The van der Waals surface area contributed by atoms with Gasteiger partial charge in [-0.1, -0.05) is 40.5 Å². The Morgan fingerprint density at radius 1 is 1.18 bits per heavy atom. The summed E-state index contributed by atoms with van der Waals surface area (Å²) in [7, 11) is 0. The van der Waals surface area contributed by atoms with Crippen molar-refractivity contribution in [1.82, 2.24) is 0 Å². The Morgan fingerprint density at radius 3 is 2.12 bits per heavy atom. The molecule has 2 aromatic heterocycles. The number of furan rings is 2. The van der Waals surface area contributed by atoms with Crippen molar-refractivity contribution in [1.29, 1.82) is 0 Å². The summed E-state index contributed by atoms with van der Waals surface area (Å²) in [6.45, 7) is 9.07. The highest BCUT2D eigenvalue weighted by molar-refractivity contribution is 5.67. The second-order valence-corrected chi connectivity index (χ2v) is 5.44. The van der Waals surface area contributed by atoms with Crippen LogP contribution in [0.5, 0.6) is 0 Å². The van der Waals surface area contributed by atoms with Crippen LogP contribution >= 0.6 is 0 Å². The van der Waals surface area contributed by atoms with Crippen molar-refractivity contribution in [3.63, 3.8) is 0 Å². The Hall–Kier alpha value is -1.02. The molecular weight excluding hydrogens is 212 g/mol. The molecule has 2 nitrogen and oxygen atoms in total. The highest BCUT2D eigenvalue weighted by Crippen LogP contribution is 2.32. The average molecular weight is 236 g/mol. The maximum atomic E-state index is 8.20. The fourth-order valence-electron chi connectivity index (χ4n) is 1.74. The second-order valence-electron chi connectivity index (χ2n) is 5.44. The van der Waals surface area contributed by atoms with E-state index in [9.17, 15) is 0 Å². The maximum Gasteiger partial charge on any atom is 0.131 e. The molecule has 2 rings (SSSR count). The molecule has 17 heavy (non-hydrogen) atoms. The zero-order valence-corrected chi connectivity index (χ0v) is 11.4. The Bertz CT molecular complexity index is 405. The van der Waals surface area contributed by atoms with Crippen LogP contribution in [0.15, 0.2) is 22.6 Å². The van der Waals surface area contributed by atoms with Gasteiger partial charge >= 0.3 is 0 Å². The summed E-state index contributed by atoms with van der Waals surface area (Å²) < 4.78 is 5.44. The fourth-order valence-corrected chi connectivity index (χ4v) is 1.74. The van der Waals surface area contributed by atoms with Crippen molar-refractivity contribution in [3.05, 3.63) is 23.8 Å². The van der Waals surface area contributed by atoms with Crippen LogP contribution in [-0.2, 0) is 5.41 Å². The van der Waals surface area contributed by atoms with Gasteiger partial charge in [-0.15, -0.1) is 0 Å². The summed E-state index contributed by atoms with van der Waals surface area (Å²) >= 11 is 0. The molecule has 2 bridgehead atoms. The molecule has 0 unspecified atom stereocenters. The third kappa shape index (κ3) is 4.04. The van der Waals surface area contributed by atoms with Crippen molar-refractivity contribution in [2.24, 2.45) is 0 Å². The van der Waals surface area contributed by atoms with Gasteiger partial charge in [-0.25, -0.2) is 0 Å². The molecule has 1 N–H and O–H groups in total. The molecule has 0 saturated carbocycles. The first-order valence-corrected chi connectivity index (χ1v) is 6.42. The summed E-state index contributed by atoms with van der Waals surface area (Å²) in [5.41, 5.74) is 3.55. The molecule has 0 saturated heterocycles. The molecule has 2 aromatic rings.